The van der Waals surface area contributed by atoms with Crippen LogP contribution in [-0.2, 0) is 9.53 Å². The Balaban J connectivity index is 1.69. The number of carbonyl (C=O) groups is 1. The van der Waals surface area contributed by atoms with Gasteiger partial charge in [-0.25, -0.2) is 9.79 Å². The molecule has 0 radical (unpaired) electrons. The second-order valence-electron chi connectivity index (χ2n) is 7.85. The number of esters is 1. The zero-order valence-corrected chi connectivity index (χ0v) is 19.6. The third-order valence-electron chi connectivity index (χ3n) is 5.77. The maximum absolute atomic E-state index is 13.4. The maximum Gasteiger partial charge on any atom is 0.338 e. The zero-order chi connectivity index (χ0) is 24.4. The van der Waals surface area contributed by atoms with Gasteiger partial charge in [0.1, 0.15) is 0 Å². The first-order valence-electron chi connectivity index (χ1n) is 11.1. The van der Waals surface area contributed by atoms with Crippen molar-refractivity contribution < 1.29 is 14.5 Å². The third-order valence-corrected chi connectivity index (χ3v) is 6.61. The number of nitro groups is 1. The summed E-state index contributed by atoms with van der Waals surface area (Å²) in [5.41, 5.74) is 4.38. The number of non-ortho nitro benzene ring substituents is 1. The van der Waals surface area contributed by atoms with Gasteiger partial charge in [0, 0.05) is 23.1 Å². The van der Waals surface area contributed by atoms with Gasteiger partial charge in [0.25, 0.3) is 5.69 Å². The molecule has 2 aliphatic rings. The number of nitrogens with zero attached hydrogens (tertiary/aromatic N) is 3. The van der Waals surface area contributed by atoms with Crippen LogP contribution in [0.1, 0.15) is 29.7 Å². The molecule has 0 fully saturated rings. The Hall–Kier alpha value is -4.17. The molecular formula is C27H21N3O4S. The van der Waals surface area contributed by atoms with E-state index < -0.39 is 16.9 Å². The van der Waals surface area contributed by atoms with Crippen LogP contribution >= 0.6 is 11.8 Å². The quantitative estimate of drug-likeness (QED) is 0.242. The van der Waals surface area contributed by atoms with Crippen LogP contribution in [0, 0.1) is 10.1 Å². The van der Waals surface area contributed by atoms with Gasteiger partial charge in [-0.05, 0) is 30.2 Å². The lowest BCUT2D eigenvalue weighted by molar-refractivity contribution is -0.384. The van der Waals surface area contributed by atoms with Crippen LogP contribution in [0.15, 0.2) is 101 Å². The smallest absolute Gasteiger partial charge is 0.338 e. The van der Waals surface area contributed by atoms with Gasteiger partial charge in [0.05, 0.1) is 34.5 Å². The largest absolute Gasteiger partial charge is 0.463 e. The van der Waals surface area contributed by atoms with Crippen LogP contribution in [0.3, 0.4) is 0 Å². The van der Waals surface area contributed by atoms with Crippen LogP contribution in [-0.4, -0.2) is 27.6 Å². The lowest BCUT2D eigenvalue weighted by atomic mass is 9.91. The van der Waals surface area contributed by atoms with Crippen LogP contribution in [0.5, 0.6) is 0 Å². The number of benzene rings is 3. The summed E-state index contributed by atoms with van der Waals surface area (Å²) >= 11 is 1.46. The maximum atomic E-state index is 13.4. The first-order valence-corrected chi connectivity index (χ1v) is 12.0. The highest BCUT2D eigenvalue weighted by Crippen LogP contribution is 2.48. The van der Waals surface area contributed by atoms with E-state index in [1.807, 2.05) is 71.0 Å². The standard InChI is InChI=1S/C27H21N3O4S/c1-2-34-26(31)23-24(19-9-5-3-6-10-19)28-27-29(25(23)20-11-7-4-8-12-20)22(17-35-27)18-13-15-21(16-14-18)30(32)33/h3-17,25H,2H2,1H3/t25-/m0/s1. The highest BCUT2D eigenvalue weighted by atomic mass is 32.2. The molecule has 0 saturated heterocycles. The predicted molar refractivity (Wildman–Crippen MR) is 137 cm³/mol. The SMILES string of the molecule is CCOC(=O)C1=C(c2ccccc2)N=C2SC=C(c3ccc([N+](=O)[O-])cc3)N2[C@H]1c1ccccc1. The van der Waals surface area contributed by atoms with E-state index in [9.17, 15) is 14.9 Å². The molecule has 8 heteroatoms. The summed E-state index contributed by atoms with van der Waals surface area (Å²) in [5, 5.41) is 13.8. The minimum absolute atomic E-state index is 0.0191. The molecule has 35 heavy (non-hydrogen) atoms. The first-order chi connectivity index (χ1) is 17.1. The van der Waals surface area contributed by atoms with Crippen LogP contribution < -0.4 is 0 Å². The van der Waals surface area contributed by atoms with E-state index in [-0.39, 0.29) is 12.3 Å². The number of rotatable bonds is 6. The van der Waals surface area contributed by atoms with Crippen molar-refractivity contribution in [3.05, 3.63) is 123 Å². The topological polar surface area (TPSA) is 85.0 Å². The molecule has 0 aliphatic carbocycles. The van der Waals surface area contributed by atoms with E-state index in [0.717, 1.165) is 27.6 Å². The van der Waals surface area contributed by atoms with Gasteiger partial charge in [-0.1, -0.05) is 72.4 Å². The van der Waals surface area contributed by atoms with Crippen molar-refractivity contribution in [2.45, 2.75) is 13.0 Å². The minimum Gasteiger partial charge on any atom is -0.463 e. The summed E-state index contributed by atoms with van der Waals surface area (Å²) in [7, 11) is 0. The Labute approximate surface area is 206 Å². The number of fused-ring (bicyclic) bond motifs is 1. The molecule has 0 amide bonds. The van der Waals surface area contributed by atoms with E-state index >= 15 is 0 Å². The number of hydrogen-bond donors (Lipinski definition) is 0. The van der Waals surface area contributed by atoms with Gasteiger partial charge in [-0.2, -0.15) is 0 Å². The average molecular weight is 484 g/mol. The molecule has 3 aromatic carbocycles. The highest BCUT2D eigenvalue weighted by molar-refractivity contribution is 8.16. The highest BCUT2D eigenvalue weighted by Gasteiger charge is 2.42. The Morgan fingerprint density at radius 2 is 1.66 bits per heavy atom. The van der Waals surface area contributed by atoms with E-state index in [0.29, 0.717) is 11.3 Å². The molecule has 7 nitrogen and oxygen atoms in total. The molecule has 3 aromatic rings. The van der Waals surface area contributed by atoms with Crippen molar-refractivity contribution in [1.82, 2.24) is 4.90 Å². The predicted octanol–water partition coefficient (Wildman–Crippen LogP) is 6.03. The molecule has 1 atom stereocenters. The number of amidine groups is 1. The van der Waals surface area contributed by atoms with E-state index in [1.165, 1.54) is 23.9 Å². The molecule has 2 heterocycles. The van der Waals surface area contributed by atoms with Crippen molar-refractivity contribution >= 4 is 40.0 Å². The van der Waals surface area contributed by atoms with E-state index in [1.54, 1.807) is 19.1 Å². The molecule has 0 saturated carbocycles. The van der Waals surface area contributed by atoms with Crippen LogP contribution in [0.2, 0.25) is 0 Å². The average Bonchev–Trinajstić information content (AvgIpc) is 3.32. The van der Waals surface area contributed by atoms with Crippen molar-refractivity contribution in [3.63, 3.8) is 0 Å². The molecule has 0 spiro atoms. The second kappa shape index (κ2) is 9.60. The lowest BCUT2D eigenvalue weighted by Gasteiger charge is -2.37. The van der Waals surface area contributed by atoms with Gasteiger partial charge in [0.2, 0.25) is 0 Å². The fourth-order valence-corrected chi connectivity index (χ4v) is 5.14. The van der Waals surface area contributed by atoms with Crippen molar-refractivity contribution in [2.75, 3.05) is 6.61 Å². The van der Waals surface area contributed by atoms with Crippen LogP contribution in [0.25, 0.3) is 11.4 Å². The molecule has 0 N–H and O–H groups in total. The molecular weight excluding hydrogens is 462 g/mol. The third kappa shape index (κ3) is 4.24. The number of nitro benzene ring substituents is 1. The normalized spacial score (nSPS) is 16.9. The molecule has 5 rings (SSSR count). The van der Waals surface area contributed by atoms with E-state index in [2.05, 4.69) is 0 Å². The number of thioether (sulfide) groups is 1. The Kier molecular flexibility index (Phi) is 6.20. The minimum atomic E-state index is -0.491. The number of aliphatic imine (C=N–C) groups is 1. The van der Waals surface area contributed by atoms with Gasteiger partial charge < -0.3 is 9.64 Å². The summed E-state index contributed by atoms with van der Waals surface area (Å²) in [5.74, 6) is -0.428. The Bertz CT molecular complexity index is 1370. The Morgan fingerprint density at radius 3 is 2.29 bits per heavy atom. The summed E-state index contributed by atoms with van der Waals surface area (Å²) in [6, 6.07) is 25.3. The molecule has 0 unspecified atom stereocenters. The summed E-state index contributed by atoms with van der Waals surface area (Å²) in [6.45, 7) is 2.02. The first kappa shape index (κ1) is 22.6. The fraction of sp³-hybridized carbons (Fsp3) is 0.111. The molecule has 0 aromatic heterocycles. The molecule has 2 aliphatic heterocycles. The summed E-state index contributed by atoms with van der Waals surface area (Å²) < 4.78 is 5.52. The van der Waals surface area contributed by atoms with Crippen molar-refractivity contribution in [3.8, 4) is 0 Å². The van der Waals surface area contributed by atoms with Gasteiger partial charge in [0.15, 0.2) is 5.17 Å². The molecule has 0 bridgehead atoms. The molecule has 174 valence electrons. The Morgan fingerprint density at radius 1 is 1.00 bits per heavy atom. The number of hydrogen-bond acceptors (Lipinski definition) is 7. The van der Waals surface area contributed by atoms with Crippen LogP contribution in [0.4, 0.5) is 5.69 Å². The fourth-order valence-electron chi connectivity index (χ4n) is 4.21. The van der Waals surface area contributed by atoms with Gasteiger partial charge in [-0.3, -0.25) is 10.1 Å². The lowest BCUT2D eigenvalue weighted by Crippen LogP contribution is -2.36. The van der Waals surface area contributed by atoms with Crippen molar-refractivity contribution in [1.29, 1.82) is 0 Å². The summed E-state index contributed by atoms with van der Waals surface area (Å²) in [6.07, 6.45) is 0. The van der Waals surface area contributed by atoms with E-state index in [4.69, 9.17) is 9.73 Å². The van der Waals surface area contributed by atoms with Gasteiger partial charge in [-0.15, -0.1) is 0 Å². The summed E-state index contributed by atoms with van der Waals surface area (Å²) in [4.78, 5) is 31.1. The second-order valence-corrected chi connectivity index (χ2v) is 8.69. The van der Waals surface area contributed by atoms with Gasteiger partial charge >= 0.3 is 5.97 Å². The number of carbonyl (C=O) groups excluding carboxylic acids is 1. The van der Waals surface area contributed by atoms with Crippen molar-refractivity contribution in [2.24, 2.45) is 4.99 Å². The number of ether oxygens (including phenoxy) is 1. The monoisotopic (exact) mass is 483 g/mol. The zero-order valence-electron chi connectivity index (χ0n) is 18.8.